The number of nitrogens with zero attached hydrogens (tertiary/aromatic N) is 6. The summed E-state index contributed by atoms with van der Waals surface area (Å²) in [7, 11) is 1.98. The van der Waals surface area contributed by atoms with Crippen LogP contribution >= 0.6 is 11.3 Å². The fourth-order valence-corrected chi connectivity index (χ4v) is 3.66. The second-order valence-corrected chi connectivity index (χ2v) is 7.19. The number of hydrogen-bond acceptors (Lipinski definition) is 7. The van der Waals surface area contributed by atoms with Gasteiger partial charge in [-0.3, -0.25) is 14.7 Å². The van der Waals surface area contributed by atoms with Crippen molar-refractivity contribution < 1.29 is 0 Å². The van der Waals surface area contributed by atoms with Gasteiger partial charge in [0.1, 0.15) is 5.01 Å². The van der Waals surface area contributed by atoms with E-state index in [1.54, 1.807) is 12.3 Å². The summed E-state index contributed by atoms with van der Waals surface area (Å²) < 4.78 is 1.38. The number of aryl methyl sites for hydroxylation is 1. The zero-order valence-corrected chi connectivity index (χ0v) is 15.4. The van der Waals surface area contributed by atoms with E-state index in [-0.39, 0.29) is 5.56 Å². The highest BCUT2D eigenvalue weighted by Crippen LogP contribution is 2.13. The van der Waals surface area contributed by atoms with Crippen molar-refractivity contribution >= 4 is 27.3 Å². The van der Waals surface area contributed by atoms with Gasteiger partial charge in [0.2, 0.25) is 4.96 Å². The van der Waals surface area contributed by atoms with Gasteiger partial charge in [0.15, 0.2) is 0 Å². The van der Waals surface area contributed by atoms with Crippen LogP contribution in [-0.4, -0.2) is 36.5 Å². The van der Waals surface area contributed by atoms with E-state index < -0.39 is 0 Å². The van der Waals surface area contributed by atoms with E-state index in [0.717, 1.165) is 33.8 Å². The van der Waals surface area contributed by atoms with Crippen molar-refractivity contribution in [3.05, 3.63) is 63.3 Å². The summed E-state index contributed by atoms with van der Waals surface area (Å²) in [5.41, 5.74) is 3.25. The minimum absolute atomic E-state index is 0.139. The standard InChI is InChI=1S/C18H18N6OS/c1-3-16-22-24-17(25)8-12(21-18(24)26-16)10-23(2)11-13-9-19-14-6-4-5-7-15(14)20-13/h4-9H,3,10-11H2,1-2H3. The van der Waals surface area contributed by atoms with Crippen LogP contribution in [0.2, 0.25) is 0 Å². The van der Waals surface area contributed by atoms with E-state index in [1.807, 2.05) is 38.2 Å². The summed E-state index contributed by atoms with van der Waals surface area (Å²) in [6.45, 7) is 3.20. The van der Waals surface area contributed by atoms with E-state index >= 15 is 0 Å². The van der Waals surface area contributed by atoms with E-state index in [2.05, 4.69) is 25.0 Å². The highest BCUT2D eigenvalue weighted by Gasteiger charge is 2.10. The first-order valence-electron chi connectivity index (χ1n) is 8.40. The third-order valence-electron chi connectivity index (χ3n) is 4.00. The summed E-state index contributed by atoms with van der Waals surface area (Å²) in [6.07, 6.45) is 2.59. The number of hydrogen-bond donors (Lipinski definition) is 0. The third kappa shape index (κ3) is 3.33. The lowest BCUT2D eigenvalue weighted by Gasteiger charge is -2.15. The van der Waals surface area contributed by atoms with Crippen LogP contribution in [0.1, 0.15) is 23.3 Å². The van der Waals surface area contributed by atoms with Crippen LogP contribution in [0.25, 0.3) is 16.0 Å². The van der Waals surface area contributed by atoms with Crippen LogP contribution in [0.5, 0.6) is 0 Å². The number of benzene rings is 1. The predicted octanol–water partition coefficient (Wildman–Crippen LogP) is 2.29. The molecule has 0 N–H and O–H groups in total. The number of para-hydroxylation sites is 2. The van der Waals surface area contributed by atoms with Crippen molar-refractivity contribution in [2.75, 3.05) is 7.05 Å². The molecule has 0 radical (unpaired) electrons. The van der Waals surface area contributed by atoms with Crippen LogP contribution in [0.15, 0.2) is 41.3 Å². The molecule has 26 heavy (non-hydrogen) atoms. The van der Waals surface area contributed by atoms with Crippen molar-refractivity contribution in [1.82, 2.24) is 29.5 Å². The molecule has 0 fully saturated rings. The maximum Gasteiger partial charge on any atom is 0.275 e. The first kappa shape index (κ1) is 16.7. The maximum atomic E-state index is 12.2. The van der Waals surface area contributed by atoms with Crippen LogP contribution < -0.4 is 5.56 Å². The van der Waals surface area contributed by atoms with Crippen molar-refractivity contribution in [3.8, 4) is 0 Å². The van der Waals surface area contributed by atoms with E-state index in [9.17, 15) is 4.79 Å². The zero-order valence-electron chi connectivity index (χ0n) is 14.6. The van der Waals surface area contributed by atoms with Crippen LogP contribution in [0, 0.1) is 0 Å². The number of rotatable bonds is 5. The molecule has 7 nitrogen and oxygen atoms in total. The summed E-state index contributed by atoms with van der Waals surface area (Å²) >= 11 is 1.46. The largest absolute Gasteiger partial charge is 0.295 e. The maximum absolute atomic E-state index is 12.2. The SMILES string of the molecule is CCc1nn2c(=O)cc(CN(C)Cc3cnc4ccccc4n3)nc2s1. The normalized spacial score (nSPS) is 11.7. The van der Waals surface area contributed by atoms with Gasteiger partial charge < -0.3 is 0 Å². The molecule has 0 saturated carbocycles. The molecule has 0 amide bonds. The molecule has 0 aliphatic carbocycles. The van der Waals surface area contributed by atoms with Gasteiger partial charge in [-0.1, -0.05) is 30.4 Å². The molecule has 0 bridgehead atoms. The van der Waals surface area contributed by atoms with Gasteiger partial charge in [-0.2, -0.15) is 9.61 Å². The highest BCUT2D eigenvalue weighted by atomic mass is 32.1. The molecule has 0 aliphatic heterocycles. The molecule has 0 spiro atoms. The smallest absolute Gasteiger partial charge is 0.275 e. The Labute approximate surface area is 154 Å². The Bertz CT molecular complexity index is 1140. The lowest BCUT2D eigenvalue weighted by molar-refractivity contribution is 0.311. The first-order chi connectivity index (χ1) is 12.6. The summed E-state index contributed by atoms with van der Waals surface area (Å²) in [5.74, 6) is 0. The van der Waals surface area contributed by atoms with E-state index in [1.165, 1.54) is 15.9 Å². The molecule has 132 valence electrons. The minimum atomic E-state index is -0.139. The molecule has 1 aromatic carbocycles. The molecule has 4 aromatic rings. The van der Waals surface area contributed by atoms with Gasteiger partial charge in [-0.05, 0) is 25.6 Å². The Hall–Kier alpha value is -2.71. The van der Waals surface area contributed by atoms with Crippen LogP contribution in [0.3, 0.4) is 0 Å². The Kier molecular flexibility index (Phi) is 4.44. The molecular weight excluding hydrogens is 348 g/mol. The van der Waals surface area contributed by atoms with Gasteiger partial charge in [0.25, 0.3) is 5.56 Å². The molecule has 0 unspecified atom stereocenters. The molecule has 3 aromatic heterocycles. The Morgan fingerprint density at radius 1 is 1.12 bits per heavy atom. The number of fused-ring (bicyclic) bond motifs is 2. The molecule has 0 atom stereocenters. The minimum Gasteiger partial charge on any atom is -0.295 e. The molecule has 3 heterocycles. The Balaban J connectivity index is 1.54. The molecule has 8 heteroatoms. The van der Waals surface area contributed by atoms with Crippen LogP contribution in [0.4, 0.5) is 0 Å². The van der Waals surface area contributed by atoms with Gasteiger partial charge in [0.05, 0.1) is 28.6 Å². The average molecular weight is 366 g/mol. The lowest BCUT2D eigenvalue weighted by Crippen LogP contribution is -2.22. The summed E-state index contributed by atoms with van der Waals surface area (Å²) in [4.78, 5) is 28.6. The zero-order chi connectivity index (χ0) is 18.1. The van der Waals surface area contributed by atoms with Crippen molar-refractivity contribution in [3.63, 3.8) is 0 Å². The molecular formula is C18H18N6OS. The predicted molar refractivity (Wildman–Crippen MR) is 101 cm³/mol. The summed E-state index contributed by atoms with van der Waals surface area (Å²) in [5, 5.41) is 5.18. The van der Waals surface area contributed by atoms with Crippen molar-refractivity contribution in [2.24, 2.45) is 0 Å². The fourth-order valence-electron chi connectivity index (χ4n) is 2.80. The van der Waals surface area contributed by atoms with Crippen molar-refractivity contribution in [1.29, 1.82) is 0 Å². The van der Waals surface area contributed by atoms with Gasteiger partial charge >= 0.3 is 0 Å². The molecule has 4 rings (SSSR count). The first-order valence-corrected chi connectivity index (χ1v) is 9.22. The average Bonchev–Trinajstić information content (AvgIpc) is 3.05. The lowest BCUT2D eigenvalue weighted by atomic mass is 10.3. The van der Waals surface area contributed by atoms with E-state index in [0.29, 0.717) is 18.1 Å². The van der Waals surface area contributed by atoms with E-state index in [4.69, 9.17) is 0 Å². The molecule has 0 aliphatic rings. The van der Waals surface area contributed by atoms with Gasteiger partial charge in [0, 0.05) is 19.2 Å². The summed E-state index contributed by atoms with van der Waals surface area (Å²) in [6, 6.07) is 9.36. The topological polar surface area (TPSA) is 76.3 Å². The Morgan fingerprint density at radius 2 is 1.88 bits per heavy atom. The second kappa shape index (κ2) is 6.89. The second-order valence-electron chi connectivity index (χ2n) is 6.15. The number of aromatic nitrogens is 5. The monoisotopic (exact) mass is 366 g/mol. The highest BCUT2D eigenvalue weighted by molar-refractivity contribution is 7.16. The Morgan fingerprint density at radius 3 is 2.69 bits per heavy atom. The molecule has 0 saturated heterocycles. The van der Waals surface area contributed by atoms with Crippen molar-refractivity contribution in [2.45, 2.75) is 26.4 Å². The third-order valence-corrected chi connectivity index (χ3v) is 5.06. The fraction of sp³-hybridized carbons (Fsp3) is 0.278. The van der Waals surface area contributed by atoms with Gasteiger partial charge in [-0.15, -0.1) is 0 Å². The quantitative estimate of drug-likeness (QED) is 0.539. The van der Waals surface area contributed by atoms with Crippen LogP contribution in [-0.2, 0) is 19.5 Å². The van der Waals surface area contributed by atoms with Gasteiger partial charge in [-0.25, -0.2) is 9.97 Å².